The average Bonchev–Trinajstić information content (AvgIpc) is 1.99. The van der Waals surface area contributed by atoms with Crippen LogP contribution < -0.4 is 0 Å². The van der Waals surface area contributed by atoms with Crippen molar-refractivity contribution in [3.05, 3.63) is 28.0 Å². The fourth-order valence-corrected chi connectivity index (χ4v) is 1.37. The molecular formula is C8H6Cl2F3NO. The number of nitrogens with zero attached hydrogens (tertiary/aromatic N) is 1. The number of hydrogen-bond acceptors (Lipinski definition) is 2. The van der Waals surface area contributed by atoms with Gasteiger partial charge in [0.1, 0.15) is 10.3 Å². The van der Waals surface area contributed by atoms with E-state index in [-0.39, 0.29) is 10.3 Å². The average molecular weight is 260 g/mol. The van der Waals surface area contributed by atoms with Crippen LogP contribution in [0.1, 0.15) is 12.5 Å². The molecule has 0 saturated heterocycles. The molecule has 7 heteroatoms. The molecule has 0 fully saturated rings. The molecule has 0 aliphatic rings. The van der Waals surface area contributed by atoms with E-state index in [1.807, 2.05) is 0 Å². The molecule has 0 radical (unpaired) electrons. The molecule has 2 nitrogen and oxygen atoms in total. The minimum atomic E-state index is -4.80. The summed E-state index contributed by atoms with van der Waals surface area (Å²) in [5.41, 5.74) is -3.44. The summed E-state index contributed by atoms with van der Waals surface area (Å²) in [6.45, 7) is 0.620. The predicted octanol–water partition coefficient (Wildman–Crippen LogP) is 3.16. The third-order valence-electron chi connectivity index (χ3n) is 1.88. The van der Waals surface area contributed by atoms with Crippen molar-refractivity contribution < 1.29 is 18.3 Å². The SMILES string of the molecule is CC(O)(c1cc(Cl)nc(Cl)c1)C(F)(F)F. The van der Waals surface area contributed by atoms with Crippen LogP contribution in [0.4, 0.5) is 13.2 Å². The molecule has 0 spiro atoms. The number of alkyl halides is 3. The predicted molar refractivity (Wildman–Crippen MR) is 49.9 cm³/mol. The lowest BCUT2D eigenvalue weighted by atomic mass is 9.97. The minimum Gasteiger partial charge on any atom is -0.376 e. The van der Waals surface area contributed by atoms with Gasteiger partial charge in [0.05, 0.1) is 0 Å². The smallest absolute Gasteiger partial charge is 0.376 e. The first-order valence-electron chi connectivity index (χ1n) is 3.77. The molecule has 1 rings (SSSR count). The monoisotopic (exact) mass is 259 g/mol. The van der Waals surface area contributed by atoms with Crippen molar-refractivity contribution in [3.63, 3.8) is 0 Å². The van der Waals surface area contributed by atoms with Gasteiger partial charge in [-0.05, 0) is 24.6 Å². The summed E-state index contributed by atoms with van der Waals surface area (Å²) in [6.07, 6.45) is -4.80. The van der Waals surface area contributed by atoms with E-state index in [1.165, 1.54) is 0 Å². The highest BCUT2D eigenvalue weighted by molar-refractivity contribution is 6.32. The van der Waals surface area contributed by atoms with Crippen molar-refractivity contribution in [2.75, 3.05) is 0 Å². The van der Waals surface area contributed by atoms with Gasteiger partial charge in [0, 0.05) is 0 Å². The van der Waals surface area contributed by atoms with Gasteiger partial charge in [-0.25, -0.2) is 4.98 Å². The van der Waals surface area contributed by atoms with E-state index in [2.05, 4.69) is 4.98 Å². The Hall–Kier alpha value is -0.520. The van der Waals surface area contributed by atoms with Crippen LogP contribution in [0.2, 0.25) is 10.3 Å². The molecule has 1 N–H and O–H groups in total. The Morgan fingerprint density at radius 3 is 1.93 bits per heavy atom. The van der Waals surface area contributed by atoms with Crippen molar-refractivity contribution >= 4 is 23.2 Å². The topological polar surface area (TPSA) is 33.1 Å². The molecule has 1 aromatic rings. The highest BCUT2D eigenvalue weighted by Crippen LogP contribution is 2.39. The summed E-state index contributed by atoms with van der Waals surface area (Å²) >= 11 is 10.9. The van der Waals surface area contributed by atoms with Crippen molar-refractivity contribution in [3.8, 4) is 0 Å². The van der Waals surface area contributed by atoms with E-state index in [9.17, 15) is 18.3 Å². The van der Waals surface area contributed by atoms with Gasteiger partial charge in [-0.3, -0.25) is 0 Å². The van der Waals surface area contributed by atoms with E-state index in [0.29, 0.717) is 6.92 Å². The highest BCUT2D eigenvalue weighted by atomic mass is 35.5. The van der Waals surface area contributed by atoms with Crippen molar-refractivity contribution in [2.24, 2.45) is 0 Å². The maximum Gasteiger partial charge on any atom is 0.421 e. The van der Waals surface area contributed by atoms with E-state index >= 15 is 0 Å². The molecule has 1 aromatic heterocycles. The van der Waals surface area contributed by atoms with E-state index in [1.54, 1.807) is 0 Å². The Morgan fingerprint density at radius 2 is 1.60 bits per heavy atom. The summed E-state index contributed by atoms with van der Waals surface area (Å²) < 4.78 is 37.3. The van der Waals surface area contributed by atoms with Gasteiger partial charge < -0.3 is 5.11 Å². The van der Waals surface area contributed by atoms with Gasteiger partial charge in [0.25, 0.3) is 0 Å². The number of aromatic nitrogens is 1. The molecule has 0 saturated carbocycles. The molecule has 0 aliphatic carbocycles. The third-order valence-corrected chi connectivity index (χ3v) is 2.26. The fraction of sp³-hybridized carbons (Fsp3) is 0.375. The lowest BCUT2D eigenvalue weighted by Gasteiger charge is -2.26. The lowest BCUT2D eigenvalue weighted by molar-refractivity contribution is -0.258. The minimum absolute atomic E-state index is 0.206. The Bertz CT molecular complexity index is 358. The summed E-state index contributed by atoms with van der Waals surface area (Å²) in [5, 5.41) is 8.89. The molecule has 0 amide bonds. The first-order valence-corrected chi connectivity index (χ1v) is 4.53. The van der Waals surface area contributed by atoms with Gasteiger partial charge in [-0.1, -0.05) is 23.2 Å². The highest BCUT2D eigenvalue weighted by Gasteiger charge is 2.51. The second kappa shape index (κ2) is 3.81. The summed E-state index contributed by atoms with van der Waals surface area (Å²) in [5.74, 6) is 0. The molecule has 1 heterocycles. The van der Waals surface area contributed by atoms with Crippen molar-refractivity contribution in [1.82, 2.24) is 4.98 Å². The first kappa shape index (κ1) is 12.5. The number of halogens is 5. The molecule has 0 aromatic carbocycles. The van der Waals surface area contributed by atoms with Crippen LogP contribution in [0.5, 0.6) is 0 Å². The Kier molecular flexibility index (Phi) is 3.19. The summed E-state index contributed by atoms with van der Waals surface area (Å²) in [6, 6.07) is 1.84. The van der Waals surface area contributed by atoms with Crippen LogP contribution in [-0.2, 0) is 5.60 Å². The van der Waals surface area contributed by atoms with Crippen LogP contribution >= 0.6 is 23.2 Å². The fourth-order valence-electron chi connectivity index (χ4n) is 0.910. The molecule has 1 unspecified atom stereocenters. The Morgan fingerprint density at radius 1 is 1.20 bits per heavy atom. The third kappa shape index (κ3) is 2.53. The van der Waals surface area contributed by atoms with Crippen LogP contribution in [0.15, 0.2) is 12.1 Å². The maximum absolute atomic E-state index is 12.4. The number of aliphatic hydroxyl groups is 1. The summed E-state index contributed by atoms with van der Waals surface area (Å²) in [7, 11) is 0. The van der Waals surface area contributed by atoms with Crippen LogP contribution in [0, 0.1) is 0 Å². The molecule has 84 valence electrons. The molecular weight excluding hydrogens is 254 g/mol. The first-order chi connectivity index (χ1) is 6.64. The quantitative estimate of drug-likeness (QED) is 0.787. The second-order valence-electron chi connectivity index (χ2n) is 3.07. The largest absolute Gasteiger partial charge is 0.421 e. The van der Waals surface area contributed by atoms with Crippen LogP contribution in [-0.4, -0.2) is 16.3 Å². The standard InChI is InChI=1S/C8H6Cl2F3NO/c1-7(15,8(11,12)13)4-2-5(9)14-6(10)3-4/h2-3,15H,1H3. The molecule has 1 atom stereocenters. The van der Waals surface area contributed by atoms with Gasteiger partial charge in [-0.15, -0.1) is 0 Å². The maximum atomic E-state index is 12.4. The Labute approximate surface area is 93.6 Å². The molecule has 0 bridgehead atoms. The summed E-state index contributed by atoms with van der Waals surface area (Å²) in [4.78, 5) is 3.48. The lowest BCUT2D eigenvalue weighted by Crippen LogP contribution is -2.39. The molecule has 15 heavy (non-hydrogen) atoms. The van der Waals surface area contributed by atoms with Gasteiger partial charge in [-0.2, -0.15) is 13.2 Å². The second-order valence-corrected chi connectivity index (χ2v) is 3.85. The van der Waals surface area contributed by atoms with E-state index in [4.69, 9.17) is 23.2 Å². The number of hydrogen-bond donors (Lipinski definition) is 1. The number of pyridine rings is 1. The van der Waals surface area contributed by atoms with Gasteiger partial charge in [0.2, 0.25) is 0 Å². The van der Waals surface area contributed by atoms with Crippen molar-refractivity contribution in [2.45, 2.75) is 18.7 Å². The molecule has 0 aliphatic heterocycles. The van der Waals surface area contributed by atoms with Crippen molar-refractivity contribution in [1.29, 1.82) is 0 Å². The van der Waals surface area contributed by atoms with Gasteiger partial charge in [0.15, 0.2) is 5.60 Å². The number of rotatable bonds is 1. The Balaban J connectivity index is 3.27. The van der Waals surface area contributed by atoms with E-state index < -0.39 is 17.3 Å². The van der Waals surface area contributed by atoms with Crippen LogP contribution in [0.3, 0.4) is 0 Å². The zero-order valence-corrected chi connectivity index (χ0v) is 8.95. The normalized spacial score (nSPS) is 16.2. The zero-order chi connectivity index (χ0) is 11.9. The van der Waals surface area contributed by atoms with E-state index in [0.717, 1.165) is 12.1 Å². The van der Waals surface area contributed by atoms with Gasteiger partial charge >= 0.3 is 6.18 Å². The van der Waals surface area contributed by atoms with Crippen LogP contribution in [0.25, 0.3) is 0 Å². The zero-order valence-electron chi connectivity index (χ0n) is 7.44.